The molecule has 0 aliphatic rings. The van der Waals surface area contributed by atoms with Crippen molar-refractivity contribution < 1.29 is 56.8 Å². The minimum absolute atomic E-state index is 0.417. The maximum absolute atomic E-state index is 7.05. The lowest BCUT2D eigenvalue weighted by atomic mass is 9.91. The number of ether oxygens (including phenoxy) is 12. The van der Waals surface area contributed by atoms with Crippen LogP contribution < -0.4 is 56.8 Å². The fourth-order valence-electron chi connectivity index (χ4n) is 18.5. The van der Waals surface area contributed by atoms with E-state index in [9.17, 15) is 0 Å². The van der Waals surface area contributed by atoms with Crippen LogP contribution in [-0.4, -0.2) is 52.9 Å². The van der Waals surface area contributed by atoms with E-state index in [-0.39, 0.29) is 0 Å². The first-order valence-electron chi connectivity index (χ1n) is 56.9. The number of fused-ring (bicyclic) bond motifs is 2. The molecule has 0 bridgehead atoms. The Kier molecular flexibility index (Phi) is 51.8. The Morgan fingerprint density at radius 1 is 0.203 bits per heavy atom. The van der Waals surface area contributed by atoms with E-state index >= 15 is 0 Å². The third-order valence-electron chi connectivity index (χ3n) is 29.1. The molecule has 0 saturated heterocycles. The van der Waals surface area contributed by atoms with Crippen molar-refractivity contribution >= 4 is 77.7 Å². The van der Waals surface area contributed by atoms with Crippen molar-refractivity contribution in [3.63, 3.8) is 0 Å². The van der Waals surface area contributed by atoms with Crippen LogP contribution in [0.5, 0.6) is 92.0 Å². The fourth-order valence-corrected chi connectivity index (χ4v) is 19.2. The van der Waals surface area contributed by atoms with Crippen molar-refractivity contribution in [2.45, 2.75) is 316 Å². The summed E-state index contributed by atoms with van der Waals surface area (Å²) in [5, 5.41) is 4.01. The summed E-state index contributed by atoms with van der Waals surface area (Å²) in [6, 6.07) is 65.7. The Morgan fingerprint density at radius 2 is 0.419 bits per heavy atom. The van der Waals surface area contributed by atoms with Crippen LogP contribution in [0.1, 0.15) is 361 Å². The maximum Gasteiger partial charge on any atom is 0.170 e. The summed E-state index contributed by atoms with van der Waals surface area (Å²) in [6.45, 7) is 40.9. The highest BCUT2D eigenvalue weighted by Crippen LogP contribution is 2.47. The summed E-state index contributed by atoms with van der Waals surface area (Å²) < 4.78 is 83.8. The van der Waals surface area contributed by atoms with Gasteiger partial charge in [-0.1, -0.05) is 393 Å². The highest BCUT2D eigenvalue weighted by atomic mass is 79.9. The van der Waals surface area contributed by atoms with Gasteiger partial charge in [-0.2, -0.15) is 0 Å². The van der Waals surface area contributed by atoms with Crippen molar-refractivity contribution in [3.05, 3.63) is 248 Å². The lowest BCUT2D eigenvalue weighted by molar-refractivity contribution is 0.198. The van der Waals surface area contributed by atoms with Crippen LogP contribution >= 0.6 is 31.9 Å². The molecule has 8 unspecified atom stereocenters. The van der Waals surface area contributed by atoms with Gasteiger partial charge in [-0.05, 0) is 253 Å². The average molecular weight is 2130 g/mol. The van der Waals surface area contributed by atoms with Gasteiger partial charge in [0.15, 0.2) is 69.0 Å². The number of halogens is 2. The second-order valence-corrected chi connectivity index (χ2v) is 42.4. The third kappa shape index (κ3) is 37.9. The zero-order valence-electron chi connectivity index (χ0n) is 92.3. The highest BCUT2D eigenvalue weighted by Gasteiger charge is 2.25. The van der Waals surface area contributed by atoms with E-state index in [4.69, 9.17) is 56.8 Å². The first-order chi connectivity index (χ1) is 72.4. The van der Waals surface area contributed by atoms with Crippen LogP contribution in [0.3, 0.4) is 0 Å². The second-order valence-electron chi connectivity index (χ2n) is 40.6. The molecule has 11 rings (SSSR count). The molecule has 14 heteroatoms. The number of benzene rings is 11. The van der Waals surface area contributed by atoms with Crippen molar-refractivity contribution in [1.29, 1.82) is 0 Å². The molecule has 0 aliphatic heterocycles. The first kappa shape index (κ1) is 117. The van der Waals surface area contributed by atoms with Crippen molar-refractivity contribution in [2.75, 3.05) is 52.9 Å². The molecule has 0 aromatic heterocycles. The van der Waals surface area contributed by atoms with Crippen LogP contribution in [0.4, 0.5) is 0 Å². The summed E-state index contributed by atoms with van der Waals surface area (Å²) in [7, 11) is 0. The predicted octanol–water partition coefficient (Wildman–Crippen LogP) is 40.6. The molecule has 0 heterocycles. The number of rotatable bonds is 68. The Bertz CT molecular complexity index is 5630. The van der Waals surface area contributed by atoms with Gasteiger partial charge in [-0.15, -0.1) is 0 Å². The van der Waals surface area contributed by atoms with Crippen LogP contribution in [0.2, 0.25) is 0 Å². The van der Waals surface area contributed by atoms with Gasteiger partial charge >= 0.3 is 0 Å². The van der Waals surface area contributed by atoms with Gasteiger partial charge in [0.25, 0.3) is 0 Å². The largest absolute Gasteiger partial charge is 0.489 e. The second kappa shape index (κ2) is 65.3. The molecular weight excluding hydrogens is 1960 g/mol. The molecule has 12 nitrogen and oxygen atoms in total. The Morgan fingerprint density at radius 3 is 0.655 bits per heavy atom. The minimum atomic E-state index is 0.417. The van der Waals surface area contributed by atoms with E-state index in [2.05, 4.69) is 288 Å². The number of hydrogen-bond acceptors (Lipinski definition) is 12. The fraction of sp³-hybridized carbons (Fsp3) is 0.478. The van der Waals surface area contributed by atoms with Crippen molar-refractivity contribution in [3.8, 4) is 116 Å². The molecule has 8 atom stereocenters. The minimum Gasteiger partial charge on any atom is -0.489 e. The molecule has 0 aliphatic carbocycles. The normalized spacial score (nSPS) is 13.1. The van der Waals surface area contributed by atoms with Gasteiger partial charge < -0.3 is 56.8 Å². The van der Waals surface area contributed by atoms with Crippen molar-refractivity contribution in [2.24, 2.45) is 47.3 Å². The quantitative estimate of drug-likeness (QED) is 0.0206. The summed E-state index contributed by atoms with van der Waals surface area (Å²) in [6.07, 6.45) is 44.3. The molecule has 794 valence electrons. The van der Waals surface area contributed by atoms with Gasteiger partial charge in [0.05, 0.1) is 52.9 Å². The van der Waals surface area contributed by atoms with Crippen LogP contribution in [0.15, 0.2) is 203 Å². The topological polar surface area (TPSA) is 111 Å². The predicted molar refractivity (Wildman–Crippen MR) is 629 cm³/mol. The molecule has 0 N–H and O–H groups in total. The SMILES string of the molecule is CCCCC(CC)COc1ccc(Oc2ccc(/C=C/c3ccc(C#Cc4c5ccc(Br)cc5c(C#Cc5ccc(/C=C/c6ccc(Oc7ccc(OCC(CC)CCCC)c(OCC(CC)CCCC)c7)c(Oc7ccc(OCC(CC)CCCC)c(OCC(CC)CCCC)c7)c6)cc5)c5ccc(Br)cc45)cc3)cc2Oc2ccc(OCC(CC)CCCC)c(OCC(CC)CCCC)c2)cc1OCC(CC)CCCC. The molecule has 0 amide bonds. The Hall–Kier alpha value is -10.9. The first-order valence-corrected chi connectivity index (χ1v) is 58.5. The van der Waals surface area contributed by atoms with Crippen LogP contribution in [-0.2, 0) is 0 Å². The van der Waals surface area contributed by atoms with E-state index in [0.29, 0.717) is 169 Å². The van der Waals surface area contributed by atoms with Crippen LogP contribution in [0, 0.1) is 71.0 Å². The molecule has 0 saturated carbocycles. The van der Waals surface area contributed by atoms with E-state index in [1.165, 1.54) is 25.7 Å². The summed E-state index contributed by atoms with van der Waals surface area (Å²) in [5.74, 6) is 28.2. The smallest absolute Gasteiger partial charge is 0.170 e. The van der Waals surface area contributed by atoms with Gasteiger partial charge in [-0.3, -0.25) is 0 Å². The molecule has 0 spiro atoms. The summed E-state index contributed by atoms with van der Waals surface area (Å²) in [4.78, 5) is 0. The van der Waals surface area contributed by atoms with Gasteiger partial charge in [0.2, 0.25) is 0 Å². The van der Waals surface area contributed by atoms with E-state index in [1.807, 2.05) is 97.1 Å². The summed E-state index contributed by atoms with van der Waals surface area (Å²) in [5.41, 5.74) is 7.45. The maximum atomic E-state index is 7.05. The Balaban J connectivity index is 0.877. The zero-order chi connectivity index (χ0) is 105. The van der Waals surface area contributed by atoms with E-state index in [0.717, 1.165) is 278 Å². The van der Waals surface area contributed by atoms with E-state index < -0.39 is 0 Å². The van der Waals surface area contributed by atoms with Gasteiger partial charge in [-0.25, -0.2) is 0 Å². The standard InChI is InChI=1S/C134H172Br2O12/c1-17-33-41-97(25-9)89-137-123-77-67-113(85-129(123)141-93-101(29-13)45-37-21-5)145-127-75-63-109(81-133(127)147-115-69-79-125(139-91-99(27-11)43-35-19-3)131(87-115)143-95-103(31-15)47-39-23-7)59-57-105-49-53-107(54-50-105)61-71-117-119-73-65-112(136)84-122(119)118(120-74-66-111(135)83-121(117)120)72-62-108-55-51-106(52-56-108)58-60-110-64-76-128(146-114-68-78-124(138-90-98(26-10)42-34-18-2)130(86-114)142-94-102(30-14)46-38-22-6)134(82-110)148-116-70-80-126(140-92-100(28-12)44-36-20-4)132(88-116)144-96-104(32-16)48-40-24-8/h49-60,63-70,73-88,97-104H,17-48,89-96H2,1-16H3/b59-57+,60-58+. The lowest BCUT2D eigenvalue weighted by Crippen LogP contribution is -2.14. The molecule has 11 aromatic carbocycles. The third-order valence-corrected chi connectivity index (χ3v) is 30.1. The van der Waals surface area contributed by atoms with Crippen molar-refractivity contribution in [1.82, 2.24) is 0 Å². The van der Waals surface area contributed by atoms with E-state index in [1.54, 1.807) is 0 Å². The molecule has 0 fully saturated rings. The summed E-state index contributed by atoms with van der Waals surface area (Å²) >= 11 is 7.71. The molecule has 148 heavy (non-hydrogen) atoms. The Labute approximate surface area is 907 Å². The highest BCUT2D eigenvalue weighted by molar-refractivity contribution is 9.10. The molecule has 11 aromatic rings. The lowest BCUT2D eigenvalue weighted by Gasteiger charge is -2.21. The zero-order valence-corrected chi connectivity index (χ0v) is 95.5. The average Bonchev–Trinajstić information content (AvgIpc) is 0.744. The molecular formula is C134H172Br2O12. The van der Waals surface area contributed by atoms with Gasteiger partial charge in [0, 0.05) is 66.2 Å². The van der Waals surface area contributed by atoms with Gasteiger partial charge in [0.1, 0.15) is 23.0 Å². The molecule has 0 radical (unpaired) electrons. The monoisotopic (exact) mass is 2130 g/mol. The van der Waals surface area contributed by atoms with Crippen LogP contribution in [0.25, 0.3) is 45.8 Å². The number of hydrogen-bond donors (Lipinski definition) is 0. The number of unbranched alkanes of at least 4 members (excludes halogenated alkanes) is 8.